The smallest absolute Gasteiger partial charge is 0.228 e. The molecule has 0 saturated carbocycles. The number of nitrogens with one attached hydrogen (secondary N) is 2. The summed E-state index contributed by atoms with van der Waals surface area (Å²) in [5.74, 6) is 1.40. The SMILES string of the molecule is COC(C)(C)C(C)C(=O)N1CCCC1c1ncc(-c2ccc3cc(-c4ccc5nc(C6(S)CCCN6C(=O)C(C)C)[nH]c5c4)ccc3c2)[nH]1. The van der Waals surface area contributed by atoms with Gasteiger partial charge < -0.3 is 24.5 Å². The molecule has 0 bridgehead atoms. The van der Waals surface area contributed by atoms with Crippen LogP contribution < -0.4 is 0 Å². The molecule has 3 atom stereocenters. The fourth-order valence-corrected chi connectivity index (χ4v) is 7.78. The van der Waals surface area contributed by atoms with Gasteiger partial charge in [-0.05, 0) is 85.7 Å². The number of aromatic nitrogens is 4. The zero-order chi connectivity index (χ0) is 34.7. The van der Waals surface area contributed by atoms with E-state index in [4.69, 9.17) is 27.3 Å². The lowest BCUT2D eigenvalue weighted by Gasteiger charge is -2.34. The fraction of sp³-hybridized carbons (Fsp3) is 0.436. The van der Waals surface area contributed by atoms with Crippen molar-refractivity contribution in [3.63, 3.8) is 0 Å². The van der Waals surface area contributed by atoms with Crippen molar-refractivity contribution in [1.82, 2.24) is 29.7 Å². The van der Waals surface area contributed by atoms with Crippen LogP contribution in [0.1, 0.15) is 78.0 Å². The third kappa shape index (κ3) is 5.93. The molecule has 2 N–H and O–H groups in total. The van der Waals surface area contributed by atoms with Gasteiger partial charge in [0.25, 0.3) is 0 Å². The number of methoxy groups -OCH3 is 1. The first-order chi connectivity index (χ1) is 23.4. The predicted octanol–water partition coefficient (Wildman–Crippen LogP) is 7.86. The number of imidazole rings is 2. The van der Waals surface area contributed by atoms with E-state index in [1.54, 1.807) is 7.11 Å². The molecule has 0 radical (unpaired) electrons. The number of carbonyl (C=O) groups is 2. The first-order valence-corrected chi connectivity index (χ1v) is 17.8. The van der Waals surface area contributed by atoms with Gasteiger partial charge in [-0.3, -0.25) is 9.59 Å². The van der Waals surface area contributed by atoms with E-state index in [1.165, 1.54) is 0 Å². The molecule has 256 valence electrons. The van der Waals surface area contributed by atoms with Crippen LogP contribution in [-0.2, 0) is 19.2 Å². The summed E-state index contributed by atoms with van der Waals surface area (Å²) in [5, 5.41) is 2.26. The normalized spacial score (nSPS) is 20.6. The summed E-state index contributed by atoms with van der Waals surface area (Å²) in [6.07, 6.45) is 5.38. The lowest BCUT2D eigenvalue weighted by atomic mass is 9.91. The summed E-state index contributed by atoms with van der Waals surface area (Å²) < 4.78 is 5.62. The highest BCUT2D eigenvalue weighted by Crippen LogP contribution is 2.43. The third-order valence-corrected chi connectivity index (χ3v) is 11.5. The molecule has 2 saturated heterocycles. The van der Waals surface area contributed by atoms with Gasteiger partial charge in [0.05, 0.1) is 40.5 Å². The highest BCUT2D eigenvalue weighted by atomic mass is 32.1. The molecule has 49 heavy (non-hydrogen) atoms. The zero-order valence-corrected chi connectivity index (χ0v) is 30.1. The Hall–Kier alpha value is -4.15. The first-order valence-electron chi connectivity index (χ1n) is 17.4. The van der Waals surface area contributed by atoms with Crippen LogP contribution in [0.2, 0.25) is 0 Å². The Balaban J connectivity index is 1.11. The number of rotatable bonds is 8. The zero-order valence-electron chi connectivity index (χ0n) is 29.2. The average molecular weight is 679 g/mol. The van der Waals surface area contributed by atoms with E-state index in [-0.39, 0.29) is 29.7 Å². The molecule has 0 spiro atoms. The Bertz CT molecular complexity index is 2050. The quantitative estimate of drug-likeness (QED) is 0.145. The predicted molar refractivity (Wildman–Crippen MR) is 197 cm³/mol. The van der Waals surface area contributed by atoms with Crippen LogP contribution >= 0.6 is 12.6 Å². The molecule has 2 aliphatic heterocycles. The van der Waals surface area contributed by atoms with Gasteiger partial charge in [0, 0.05) is 31.7 Å². The molecular weight excluding hydrogens is 633 g/mol. The van der Waals surface area contributed by atoms with Crippen LogP contribution in [0.25, 0.3) is 44.2 Å². The Morgan fingerprint density at radius 3 is 2.37 bits per heavy atom. The third-order valence-electron chi connectivity index (χ3n) is 10.8. The highest BCUT2D eigenvalue weighted by molar-refractivity contribution is 7.81. The molecule has 3 unspecified atom stereocenters. The molecule has 2 fully saturated rings. The van der Waals surface area contributed by atoms with E-state index in [9.17, 15) is 9.59 Å². The number of likely N-dealkylation sites (tertiary alicyclic amines) is 2. The molecular formula is C39H46N6O3S. The van der Waals surface area contributed by atoms with E-state index in [0.717, 1.165) is 88.1 Å². The lowest BCUT2D eigenvalue weighted by molar-refractivity contribution is -0.145. The van der Waals surface area contributed by atoms with Crippen LogP contribution in [0.4, 0.5) is 0 Å². The minimum absolute atomic E-state index is 0.0689. The maximum absolute atomic E-state index is 13.5. The Morgan fingerprint density at radius 2 is 1.63 bits per heavy atom. The molecule has 4 heterocycles. The van der Waals surface area contributed by atoms with Gasteiger partial charge in [0.1, 0.15) is 16.5 Å². The van der Waals surface area contributed by atoms with Gasteiger partial charge in [0.15, 0.2) is 0 Å². The maximum Gasteiger partial charge on any atom is 0.228 e. The molecule has 3 aromatic carbocycles. The summed E-state index contributed by atoms with van der Waals surface area (Å²) in [6.45, 7) is 11.1. The topological polar surface area (TPSA) is 107 Å². The van der Waals surface area contributed by atoms with E-state index < -0.39 is 10.5 Å². The summed E-state index contributed by atoms with van der Waals surface area (Å²) in [4.78, 5) is 46.2. The van der Waals surface area contributed by atoms with Gasteiger partial charge >= 0.3 is 0 Å². The Labute approximate surface area is 293 Å². The minimum atomic E-state index is -0.732. The second-order valence-electron chi connectivity index (χ2n) is 14.6. The van der Waals surface area contributed by atoms with E-state index in [2.05, 4.69) is 58.5 Å². The molecule has 5 aromatic rings. The number of H-pyrrole nitrogens is 2. The number of benzene rings is 3. The maximum atomic E-state index is 13.5. The monoisotopic (exact) mass is 678 g/mol. The molecule has 10 heteroatoms. The molecule has 2 amide bonds. The van der Waals surface area contributed by atoms with Gasteiger partial charge in [0.2, 0.25) is 11.8 Å². The van der Waals surface area contributed by atoms with Crippen molar-refractivity contribution in [2.45, 2.75) is 76.8 Å². The standard InChI is InChI=1S/C39H46N6O3S/c1-23(2)35(46)45-18-8-16-39(45,49)37-42-30-15-14-28(21-31(30)43-37)26-10-11-27-20-29(13-12-25(27)19-26)32-22-40-34(41-32)33-9-7-17-44(33)36(47)24(3)38(4,5)48-6/h10-15,19-24,33,49H,7-9,16-18H2,1-6H3,(H,40,41)(H,42,43). The van der Waals surface area contributed by atoms with Gasteiger partial charge in [-0.1, -0.05) is 51.1 Å². The molecule has 0 aliphatic carbocycles. The summed E-state index contributed by atoms with van der Waals surface area (Å²) in [5.41, 5.74) is 5.42. The van der Waals surface area contributed by atoms with E-state index in [0.29, 0.717) is 6.54 Å². The van der Waals surface area contributed by atoms with Crippen molar-refractivity contribution in [3.05, 3.63) is 72.4 Å². The molecule has 2 aliphatic rings. The van der Waals surface area contributed by atoms with E-state index >= 15 is 0 Å². The molecule has 2 aromatic heterocycles. The van der Waals surface area contributed by atoms with Crippen molar-refractivity contribution in [2.24, 2.45) is 11.8 Å². The van der Waals surface area contributed by atoms with Crippen molar-refractivity contribution < 1.29 is 14.3 Å². The Morgan fingerprint density at radius 1 is 0.939 bits per heavy atom. The lowest BCUT2D eigenvalue weighted by Crippen LogP contribution is -2.44. The number of ether oxygens (including phenoxy) is 1. The van der Waals surface area contributed by atoms with E-state index in [1.807, 2.05) is 56.7 Å². The van der Waals surface area contributed by atoms with Crippen LogP contribution in [0.15, 0.2) is 60.8 Å². The number of thiol groups is 1. The van der Waals surface area contributed by atoms with Crippen molar-refractivity contribution in [2.75, 3.05) is 20.2 Å². The highest BCUT2D eigenvalue weighted by Gasteiger charge is 2.45. The number of aromatic amines is 2. The van der Waals surface area contributed by atoms with Crippen molar-refractivity contribution >= 4 is 46.2 Å². The van der Waals surface area contributed by atoms with Crippen LogP contribution in [0.5, 0.6) is 0 Å². The van der Waals surface area contributed by atoms with Gasteiger partial charge in [-0.15, -0.1) is 12.6 Å². The van der Waals surface area contributed by atoms with Crippen molar-refractivity contribution in [3.8, 4) is 22.4 Å². The number of carbonyl (C=O) groups excluding carboxylic acids is 2. The second kappa shape index (κ2) is 12.6. The van der Waals surface area contributed by atoms with Gasteiger partial charge in [-0.25, -0.2) is 9.97 Å². The number of nitrogens with zero attached hydrogens (tertiary/aromatic N) is 4. The van der Waals surface area contributed by atoms with Crippen LogP contribution in [0, 0.1) is 11.8 Å². The first kappa shape index (κ1) is 33.4. The molecule has 7 rings (SSSR count). The van der Waals surface area contributed by atoms with Crippen LogP contribution in [-0.4, -0.2) is 67.4 Å². The van der Waals surface area contributed by atoms with Gasteiger partial charge in [-0.2, -0.15) is 0 Å². The summed E-state index contributed by atoms with van der Waals surface area (Å²) in [7, 11) is 1.66. The summed E-state index contributed by atoms with van der Waals surface area (Å²) >= 11 is 5.02. The minimum Gasteiger partial charge on any atom is -0.378 e. The number of hydrogen-bond donors (Lipinski definition) is 3. The number of amides is 2. The van der Waals surface area contributed by atoms with Crippen LogP contribution in [0.3, 0.4) is 0 Å². The second-order valence-corrected chi connectivity index (χ2v) is 15.3. The average Bonchev–Trinajstić information content (AvgIpc) is 3.92. The Kier molecular flexibility index (Phi) is 8.59. The fourth-order valence-electron chi connectivity index (χ4n) is 7.32. The molecule has 9 nitrogen and oxygen atoms in total. The number of hydrogen-bond acceptors (Lipinski definition) is 6. The number of fused-ring (bicyclic) bond motifs is 2. The summed E-state index contributed by atoms with van der Waals surface area (Å²) in [6, 6.07) is 19.1. The van der Waals surface area contributed by atoms with Crippen molar-refractivity contribution in [1.29, 1.82) is 0 Å². The largest absolute Gasteiger partial charge is 0.378 e.